The molecule has 2 N–H and O–H groups in total. The molecule has 1 aromatic rings. The first kappa shape index (κ1) is 40.1. The second kappa shape index (κ2) is 13.5. The summed E-state index contributed by atoms with van der Waals surface area (Å²) in [5.74, 6) is 3.56. The number of hydrogen-bond acceptors (Lipinski definition) is 5. The fraction of sp³-hybridized carbons (Fsp3) is 0.745. The number of carbonyl (C=O) groups excluding carboxylic acids is 2. The minimum absolute atomic E-state index is 0.00972. The van der Waals surface area contributed by atoms with E-state index in [2.05, 4.69) is 66.3 Å². The van der Waals surface area contributed by atoms with E-state index in [-0.39, 0.29) is 39.0 Å². The smallest absolute Gasteiger partial charge is 0.338 e. The van der Waals surface area contributed by atoms with E-state index in [0.717, 1.165) is 12.8 Å². The highest BCUT2D eigenvalue weighted by Crippen LogP contribution is 2.78. The molecule has 5 aliphatic carbocycles. The Labute approximate surface area is 328 Å². The lowest BCUT2D eigenvalue weighted by Gasteiger charge is -2.72. The molecule has 0 spiro atoms. The highest BCUT2D eigenvalue weighted by molar-refractivity contribution is 8.24. The third kappa shape index (κ3) is 6.46. The van der Waals surface area contributed by atoms with Crippen molar-refractivity contribution >= 4 is 28.0 Å². The first-order valence-corrected chi connectivity index (χ1v) is 23.2. The average molecular weight is 762 g/mol. The standard InChI is InChI=1S/C47H71NO5S/c1-31(2)34-17-23-47(24-20-39(49)48-27-29-54(51,52)30-28-48)26-25-45(9)36(40(34)47)15-16-38-44(8)21-18-35(43(6,7)37(44)19-22-46(38,45)10)32-11-13-33(14-12-32)41(50)53-42(3,4)5/h11-14,18,34,36-38,40,51-52H,1,15-17,19-30H2,2-10H3/t34-,36+,37-,38+,40+,44-,45+,46+,47-/m0/s1. The SMILES string of the molecule is C=C(C)[C@@H]1CC[C@]2(CCC(=O)N3CCS(O)(O)CC3)CC[C@]3(C)[C@H](CC[C@@H]4[C@@]5(C)CC=C(c6ccc(C(=O)OC(C)(C)C)cc6)C(C)(C)[C@@H]5CC[C@]43C)[C@@H]12. The van der Waals surface area contributed by atoms with Gasteiger partial charge in [-0.15, -0.1) is 0 Å². The van der Waals surface area contributed by atoms with Gasteiger partial charge < -0.3 is 9.64 Å². The van der Waals surface area contributed by atoms with Crippen molar-refractivity contribution in [2.75, 3.05) is 24.6 Å². The molecule has 7 heteroatoms. The van der Waals surface area contributed by atoms with Gasteiger partial charge in [-0.1, -0.05) is 65.0 Å². The van der Waals surface area contributed by atoms with Gasteiger partial charge in [-0.25, -0.2) is 4.79 Å². The number of nitrogens with zero attached hydrogens (tertiary/aromatic N) is 1. The molecule has 1 saturated heterocycles. The molecule has 300 valence electrons. The summed E-state index contributed by atoms with van der Waals surface area (Å²) in [7, 11) is -2.52. The van der Waals surface area contributed by atoms with Gasteiger partial charge in [0.1, 0.15) is 5.60 Å². The predicted octanol–water partition coefficient (Wildman–Crippen LogP) is 11.7. The van der Waals surface area contributed by atoms with Crippen LogP contribution in [0, 0.1) is 56.7 Å². The van der Waals surface area contributed by atoms with Crippen molar-refractivity contribution in [1.82, 2.24) is 4.90 Å². The van der Waals surface area contributed by atoms with Crippen molar-refractivity contribution in [2.24, 2.45) is 56.7 Å². The Balaban J connectivity index is 1.13. The number of allylic oxidation sites excluding steroid dienone is 3. The highest BCUT2D eigenvalue weighted by atomic mass is 32.3. The Kier molecular flexibility index (Phi) is 10.0. The summed E-state index contributed by atoms with van der Waals surface area (Å²) in [4.78, 5) is 28.3. The number of amides is 1. The monoisotopic (exact) mass is 762 g/mol. The maximum absolute atomic E-state index is 13.6. The molecule has 1 heterocycles. The van der Waals surface area contributed by atoms with Crippen molar-refractivity contribution in [2.45, 2.75) is 139 Å². The minimum atomic E-state index is -2.52. The largest absolute Gasteiger partial charge is 0.456 e. The van der Waals surface area contributed by atoms with Crippen LogP contribution in [-0.2, 0) is 9.53 Å². The molecular weight excluding hydrogens is 691 g/mol. The van der Waals surface area contributed by atoms with E-state index in [1.165, 1.54) is 68.1 Å². The molecule has 6 nitrogen and oxygen atoms in total. The summed E-state index contributed by atoms with van der Waals surface area (Å²) in [6.45, 7) is 26.6. The van der Waals surface area contributed by atoms with Gasteiger partial charge in [-0.3, -0.25) is 13.9 Å². The Hall–Kier alpha value is -2.09. The van der Waals surface area contributed by atoms with Crippen LogP contribution in [0.25, 0.3) is 5.57 Å². The van der Waals surface area contributed by atoms with Gasteiger partial charge in [-0.2, -0.15) is 10.6 Å². The first-order valence-electron chi connectivity index (χ1n) is 21.3. The van der Waals surface area contributed by atoms with E-state index in [4.69, 9.17) is 4.74 Å². The zero-order valence-electron chi connectivity index (χ0n) is 35.1. The van der Waals surface area contributed by atoms with E-state index >= 15 is 0 Å². The van der Waals surface area contributed by atoms with E-state index < -0.39 is 16.2 Å². The van der Waals surface area contributed by atoms with Gasteiger partial charge in [0.05, 0.1) is 17.1 Å². The fourth-order valence-corrected chi connectivity index (χ4v) is 15.7. The van der Waals surface area contributed by atoms with Crippen LogP contribution in [0.4, 0.5) is 0 Å². The maximum atomic E-state index is 13.6. The molecule has 6 aliphatic rings. The van der Waals surface area contributed by atoms with E-state index in [9.17, 15) is 18.7 Å². The number of benzene rings is 1. The van der Waals surface area contributed by atoms with Gasteiger partial charge in [-0.05, 0) is 172 Å². The summed E-state index contributed by atoms with van der Waals surface area (Å²) in [5.41, 5.74) is 4.99. The van der Waals surface area contributed by atoms with Crippen molar-refractivity contribution in [3.8, 4) is 0 Å². The van der Waals surface area contributed by atoms with Crippen LogP contribution in [0.15, 0.2) is 42.5 Å². The zero-order valence-corrected chi connectivity index (χ0v) is 35.9. The van der Waals surface area contributed by atoms with Gasteiger partial charge in [0.15, 0.2) is 0 Å². The quantitative estimate of drug-likeness (QED) is 0.223. The lowest BCUT2D eigenvalue weighted by Crippen LogP contribution is -2.65. The second-order valence-corrected chi connectivity index (χ2v) is 23.7. The maximum Gasteiger partial charge on any atom is 0.338 e. The van der Waals surface area contributed by atoms with Crippen LogP contribution in [0.1, 0.15) is 149 Å². The van der Waals surface area contributed by atoms with Crippen LogP contribution in [-0.4, -0.2) is 56.1 Å². The number of ether oxygens (including phenoxy) is 1. The predicted molar refractivity (Wildman–Crippen MR) is 222 cm³/mol. The van der Waals surface area contributed by atoms with Crippen molar-refractivity contribution in [3.05, 3.63) is 53.6 Å². The molecule has 9 atom stereocenters. The van der Waals surface area contributed by atoms with Crippen molar-refractivity contribution < 1.29 is 23.4 Å². The molecule has 4 saturated carbocycles. The Morgan fingerprint density at radius 2 is 1.56 bits per heavy atom. The number of carbonyl (C=O) groups is 2. The lowest BCUT2D eigenvalue weighted by atomic mass is 9.32. The van der Waals surface area contributed by atoms with E-state index in [0.29, 0.717) is 66.2 Å². The molecule has 0 radical (unpaired) electrons. The summed E-state index contributed by atoms with van der Waals surface area (Å²) in [6.07, 6.45) is 15.1. The van der Waals surface area contributed by atoms with E-state index in [1.807, 2.05) is 37.8 Å². The summed E-state index contributed by atoms with van der Waals surface area (Å²) >= 11 is 0. The highest BCUT2D eigenvalue weighted by Gasteiger charge is 2.70. The molecule has 0 aromatic heterocycles. The Morgan fingerprint density at radius 1 is 0.889 bits per heavy atom. The molecule has 0 bridgehead atoms. The Morgan fingerprint density at radius 3 is 2.19 bits per heavy atom. The van der Waals surface area contributed by atoms with Gasteiger partial charge in [0.2, 0.25) is 5.91 Å². The molecule has 1 aliphatic heterocycles. The third-order valence-corrected chi connectivity index (χ3v) is 18.9. The van der Waals surface area contributed by atoms with Crippen LogP contribution in [0.2, 0.25) is 0 Å². The molecular formula is C47H71NO5S. The number of esters is 1. The van der Waals surface area contributed by atoms with Gasteiger partial charge in [0, 0.05) is 19.5 Å². The molecule has 7 rings (SSSR count). The zero-order chi connectivity index (χ0) is 39.3. The topological polar surface area (TPSA) is 87.1 Å². The van der Waals surface area contributed by atoms with Crippen LogP contribution in [0.5, 0.6) is 0 Å². The van der Waals surface area contributed by atoms with Crippen LogP contribution < -0.4 is 0 Å². The first-order chi connectivity index (χ1) is 25.1. The summed E-state index contributed by atoms with van der Waals surface area (Å²) in [5, 5.41) is 0. The molecule has 1 aromatic carbocycles. The molecule has 5 fully saturated rings. The van der Waals surface area contributed by atoms with Gasteiger partial charge >= 0.3 is 5.97 Å². The summed E-state index contributed by atoms with van der Waals surface area (Å²) < 4.78 is 25.9. The fourth-order valence-electron chi connectivity index (χ4n) is 14.4. The minimum Gasteiger partial charge on any atom is -0.456 e. The summed E-state index contributed by atoms with van der Waals surface area (Å²) in [6, 6.07) is 8.16. The number of hydrogen-bond donors (Lipinski definition) is 2. The second-order valence-electron chi connectivity index (χ2n) is 21.3. The molecule has 1 amide bonds. The lowest BCUT2D eigenvalue weighted by molar-refractivity contribution is -0.226. The van der Waals surface area contributed by atoms with Crippen molar-refractivity contribution in [1.29, 1.82) is 0 Å². The number of rotatable bonds is 6. The molecule has 54 heavy (non-hydrogen) atoms. The number of fused-ring (bicyclic) bond motifs is 7. The Bertz CT molecular complexity index is 1680. The van der Waals surface area contributed by atoms with Crippen LogP contribution in [0.3, 0.4) is 0 Å². The van der Waals surface area contributed by atoms with Crippen LogP contribution >= 0.6 is 10.6 Å². The molecule has 0 unspecified atom stereocenters. The third-order valence-electron chi connectivity index (χ3n) is 17.2. The van der Waals surface area contributed by atoms with E-state index in [1.54, 1.807) is 0 Å². The average Bonchev–Trinajstić information content (AvgIpc) is 3.47. The van der Waals surface area contributed by atoms with Gasteiger partial charge in [0.25, 0.3) is 0 Å². The normalized spacial score (nSPS) is 40.2. The van der Waals surface area contributed by atoms with Crippen molar-refractivity contribution in [3.63, 3.8) is 0 Å².